The number of nitrogens with one attached hydrogen (secondary N) is 1. The molecule has 0 bridgehead atoms. The quantitative estimate of drug-likeness (QED) is 0.923. The monoisotopic (exact) mass is 279 g/mol. The summed E-state index contributed by atoms with van der Waals surface area (Å²) in [5.41, 5.74) is 2.78. The highest BCUT2D eigenvalue weighted by atomic mass is 32.2. The molecular formula is C15H21NO2S. The molecule has 3 rings (SSSR count). The van der Waals surface area contributed by atoms with Crippen molar-refractivity contribution >= 4 is 9.84 Å². The van der Waals surface area contributed by atoms with E-state index in [1.54, 1.807) is 0 Å². The topological polar surface area (TPSA) is 46.2 Å². The normalized spacial score (nSPS) is 29.1. The van der Waals surface area contributed by atoms with E-state index in [0.29, 0.717) is 18.3 Å². The maximum atomic E-state index is 11.8. The summed E-state index contributed by atoms with van der Waals surface area (Å²) in [5, 5.41) is 3.33. The lowest BCUT2D eigenvalue weighted by atomic mass is 9.88. The van der Waals surface area contributed by atoms with Gasteiger partial charge in [-0.3, -0.25) is 0 Å². The average Bonchev–Trinajstić information content (AvgIpc) is 2.75. The first-order valence-electron chi connectivity index (χ1n) is 7.19. The molecule has 0 amide bonds. The summed E-state index contributed by atoms with van der Waals surface area (Å²) in [7, 11) is -2.83. The Morgan fingerprint density at radius 1 is 1.16 bits per heavy atom. The van der Waals surface area contributed by atoms with Crippen molar-refractivity contribution in [2.45, 2.75) is 43.4 Å². The largest absolute Gasteiger partial charge is 0.309 e. The molecule has 1 saturated heterocycles. The van der Waals surface area contributed by atoms with E-state index in [0.717, 1.165) is 25.7 Å². The molecular weight excluding hydrogens is 258 g/mol. The van der Waals surface area contributed by atoms with Crippen molar-refractivity contribution in [3.8, 4) is 0 Å². The minimum absolute atomic E-state index is 0.165. The van der Waals surface area contributed by atoms with Crippen LogP contribution in [0.3, 0.4) is 0 Å². The zero-order valence-corrected chi connectivity index (χ0v) is 12.0. The van der Waals surface area contributed by atoms with Crippen LogP contribution < -0.4 is 5.32 Å². The van der Waals surface area contributed by atoms with Crippen LogP contribution in [0, 0.1) is 0 Å². The third-order valence-corrected chi connectivity index (χ3v) is 6.70. The second-order valence-corrected chi connectivity index (χ2v) is 8.08. The van der Waals surface area contributed by atoms with Crippen LogP contribution in [0.15, 0.2) is 24.3 Å². The van der Waals surface area contributed by atoms with Crippen LogP contribution in [0.2, 0.25) is 0 Å². The molecule has 4 heteroatoms. The Morgan fingerprint density at radius 2 is 2.00 bits per heavy atom. The number of rotatable bonds is 3. The van der Waals surface area contributed by atoms with Crippen molar-refractivity contribution in [2.24, 2.45) is 0 Å². The van der Waals surface area contributed by atoms with E-state index in [-0.39, 0.29) is 5.25 Å². The van der Waals surface area contributed by atoms with Crippen molar-refractivity contribution < 1.29 is 8.42 Å². The van der Waals surface area contributed by atoms with E-state index >= 15 is 0 Å². The van der Waals surface area contributed by atoms with Crippen molar-refractivity contribution in [2.75, 3.05) is 12.3 Å². The zero-order chi connectivity index (χ0) is 13.3. The predicted octanol–water partition coefficient (Wildman–Crippen LogP) is 2.23. The van der Waals surface area contributed by atoms with Crippen LogP contribution in [0.5, 0.6) is 0 Å². The average molecular weight is 279 g/mol. The van der Waals surface area contributed by atoms with Crippen LogP contribution >= 0.6 is 0 Å². The van der Waals surface area contributed by atoms with Gasteiger partial charge in [0.1, 0.15) is 0 Å². The smallest absolute Gasteiger partial charge is 0.154 e. The SMILES string of the molecule is O=S1(=O)CCCC1CNC1CCCc2ccccc21. The molecule has 0 saturated carbocycles. The Balaban J connectivity index is 1.69. The van der Waals surface area contributed by atoms with Crippen molar-refractivity contribution in [3.63, 3.8) is 0 Å². The summed E-state index contributed by atoms with van der Waals surface area (Å²) in [6, 6.07) is 8.86. The van der Waals surface area contributed by atoms with Gasteiger partial charge in [-0.05, 0) is 43.2 Å². The van der Waals surface area contributed by atoms with E-state index in [9.17, 15) is 8.42 Å². The van der Waals surface area contributed by atoms with Crippen LogP contribution in [-0.2, 0) is 16.3 Å². The molecule has 1 aromatic carbocycles. The molecule has 3 nitrogen and oxygen atoms in total. The summed E-state index contributed by atoms with van der Waals surface area (Å²) in [6.45, 7) is 0.612. The standard InChI is InChI=1S/C15H21NO2S/c17-19(18)10-4-7-13(19)11-16-15-9-3-6-12-5-1-2-8-14(12)15/h1-2,5,8,13,15-16H,3-4,6-7,9-11H2. The molecule has 19 heavy (non-hydrogen) atoms. The van der Waals surface area contributed by atoms with Crippen LogP contribution in [0.25, 0.3) is 0 Å². The number of hydrogen-bond acceptors (Lipinski definition) is 3. The fourth-order valence-corrected chi connectivity index (χ4v) is 5.11. The summed E-state index contributed by atoms with van der Waals surface area (Å²) < 4.78 is 23.7. The molecule has 1 fully saturated rings. The highest BCUT2D eigenvalue weighted by molar-refractivity contribution is 7.92. The molecule has 1 aliphatic heterocycles. The maximum absolute atomic E-state index is 11.8. The van der Waals surface area contributed by atoms with Gasteiger partial charge in [0.15, 0.2) is 9.84 Å². The lowest BCUT2D eigenvalue weighted by molar-refractivity contribution is 0.453. The fraction of sp³-hybridized carbons (Fsp3) is 0.600. The first kappa shape index (κ1) is 13.1. The lowest BCUT2D eigenvalue weighted by Crippen LogP contribution is -2.34. The molecule has 1 heterocycles. The van der Waals surface area contributed by atoms with E-state index in [4.69, 9.17) is 0 Å². The number of sulfone groups is 1. The lowest BCUT2D eigenvalue weighted by Gasteiger charge is -2.27. The summed E-state index contributed by atoms with van der Waals surface area (Å²) in [4.78, 5) is 0. The number of benzene rings is 1. The van der Waals surface area contributed by atoms with Gasteiger partial charge < -0.3 is 5.32 Å². The number of aryl methyl sites for hydroxylation is 1. The van der Waals surface area contributed by atoms with Crippen molar-refractivity contribution in [1.82, 2.24) is 5.32 Å². The maximum Gasteiger partial charge on any atom is 0.154 e. The predicted molar refractivity (Wildman–Crippen MR) is 76.9 cm³/mol. The third kappa shape index (κ3) is 2.70. The zero-order valence-electron chi connectivity index (χ0n) is 11.1. The third-order valence-electron chi connectivity index (χ3n) is 4.42. The number of fused-ring (bicyclic) bond motifs is 1. The molecule has 0 aromatic heterocycles. The van der Waals surface area contributed by atoms with E-state index < -0.39 is 9.84 Å². The van der Waals surface area contributed by atoms with E-state index in [1.165, 1.54) is 17.5 Å². The molecule has 2 unspecified atom stereocenters. The van der Waals surface area contributed by atoms with Gasteiger partial charge in [-0.2, -0.15) is 0 Å². The summed E-state index contributed by atoms with van der Waals surface area (Å²) in [5.74, 6) is 0.376. The van der Waals surface area contributed by atoms with Gasteiger partial charge in [-0.25, -0.2) is 8.42 Å². The molecule has 104 valence electrons. The summed E-state index contributed by atoms with van der Waals surface area (Å²) in [6.07, 6.45) is 5.10. The van der Waals surface area contributed by atoms with Gasteiger partial charge in [0.25, 0.3) is 0 Å². The van der Waals surface area contributed by atoms with Gasteiger partial charge in [-0.1, -0.05) is 24.3 Å². The Morgan fingerprint density at radius 3 is 2.79 bits per heavy atom. The van der Waals surface area contributed by atoms with E-state index in [2.05, 4.69) is 29.6 Å². The molecule has 1 aliphatic carbocycles. The van der Waals surface area contributed by atoms with Crippen molar-refractivity contribution in [1.29, 1.82) is 0 Å². The van der Waals surface area contributed by atoms with Gasteiger partial charge in [-0.15, -0.1) is 0 Å². The first-order valence-corrected chi connectivity index (χ1v) is 8.91. The molecule has 2 aliphatic rings. The number of hydrogen-bond donors (Lipinski definition) is 1. The minimum Gasteiger partial charge on any atom is -0.309 e. The van der Waals surface area contributed by atoms with Crippen molar-refractivity contribution in [3.05, 3.63) is 35.4 Å². The second-order valence-electron chi connectivity index (χ2n) is 5.68. The fourth-order valence-electron chi connectivity index (χ4n) is 3.33. The van der Waals surface area contributed by atoms with Gasteiger partial charge in [0, 0.05) is 12.6 Å². The Labute approximate surface area is 115 Å². The molecule has 0 radical (unpaired) electrons. The first-order chi connectivity index (χ1) is 9.17. The highest BCUT2D eigenvalue weighted by Crippen LogP contribution is 2.30. The molecule has 1 aromatic rings. The van der Waals surface area contributed by atoms with Crippen LogP contribution in [0.4, 0.5) is 0 Å². The molecule has 2 atom stereocenters. The molecule has 1 N–H and O–H groups in total. The van der Waals surface area contributed by atoms with Crippen LogP contribution in [0.1, 0.15) is 42.9 Å². The minimum atomic E-state index is -2.83. The van der Waals surface area contributed by atoms with Gasteiger partial charge >= 0.3 is 0 Å². The highest BCUT2D eigenvalue weighted by Gasteiger charge is 2.31. The Hall–Kier alpha value is -0.870. The Kier molecular flexibility index (Phi) is 3.63. The van der Waals surface area contributed by atoms with Crippen LogP contribution in [-0.4, -0.2) is 26.0 Å². The summed E-state index contributed by atoms with van der Waals surface area (Å²) >= 11 is 0. The van der Waals surface area contributed by atoms with Gasteiger partial charge in [0.05, 0.1) is 11.0 Å². The van der Waals surface area contributed by atoms with E-state index in [1.807, 2.05) is 0 Å². The van der Waals surface area contributed by atoms with Gasteiger partial charge in [0.2, 0.25) is 0 Å². The Bertz CT molecular complexity index is 553. The molecule has 0 spiro atoms. The second kappa shape index (κ2) is 5.25.